The van der Waals surface area contributed by atoms with Crippen LogP contribution in [0.3, 0.4) is 0 Å². The molecule has 1 aliphatic rings. The molecule has 0 bridgehead atoms. The summed E-state index contributed by atoms with van der Waals surface area (Å²) in [6, 6.07) is 4.94. The Morgan fingerprint density at radius 3 is 2.47 bits per heavy atom. The number of hydrogen-bond acceptors (Lipinski definition) is 2. The molecule has 5 heteroatoms. The van der Waals surface area contributed by atoms with E-state index in [4.69, 9.17) is 5.73 Å². The molecule has 1 aromatic carbocycles. The van der Waals surface area contributed by atoms with E-state index in [9.17, 15) is 13.2 Å². The fraction of sp³-hybridized carbons (Fsp3) is 0.357. The van der Waals surface area contributed by atoms with Crippen molar-refractivity contribution in [2.75, 3.05) is 0 Å². The van der Waals surface area contributed by atoms with E-state index in [1.165, 1.54) is 12.3 Å². The summed E-state index contributed by atoms with van der Waals surface area (Å²) in [7, 11) is 0. The zero-order valence-electron chi connectivity index (χ0n) is 10.2. The van der Waals surface area contributed by atoms with Gasteiger partial charge in [-0.15, -0.1) is 0 Å². The second-order valence-electron chi connectivity index (χ2n) is 5.13. The van der Waals surface area contributed by atoms with E-state index in [1.54, 1.807) is 12.1 Å². The van der Waals surface area contributed by atoms with Crippen molar-refractivity contribution in [3.05, 3.63) is 41.7 Å². The summed E-state index contributed by atoms with van der Waals surface area (Å²) in [5, 5.41) is 0.665. The van der Waals surface area contributed by atoms with E-state index in [0.29, 0.717) is 5.39 Å². The van der Waals surface area contributed by atoms with Crippen LogP contribution < -0.4 is 5.73 Å². The minimum atomic E-state index is -4.38. The second-order valence-corrected chi connectivity index (χ2v) is 5.13. The highest BCUT2D eigenvalue weighted by Gasteiger charge is 2.36. The molecule has 1 fully saturated rings. The first kappa shape index (κ1) is 12.4. The van der Waals surface area contributed by atoms with Crippen LogP contribution in [0.4, 0.5) is 13.2 Å². The third kappa shape index (κ3) is 1.98. The number of nitrogens with two attached hydrogens (primary N) is 1. The Morgan fingerprint density at radius 2 is 1.89 bits per heavy atom. The van der Waals surface area contributed by atoms with Gasteiger partial charge in [-0.05, 0) is 36.3 Å². The fourth-order valence-electron chi connectivity index (χ4n) is 2.56. The molecule has 1 heterocycles. The maximum Gasteiger partial charge on any atom is 0.418 e. The van der Waals surface area contributed by atoms with Crippen LogP contribution >= 0.6 is 0 Å². The van der Waals surface area contributed by atoms with Gasteiger partial charge >= 0.3 is 6.18 Å². The van der Waals surface area contributed by atoms with Crippen molar-refractivity contribution < 1.29 is 13.2 Å². The van der Waals surface area contributed by atoms with Crippen molar-refractivity contribution >= 4 is 10.8 Å². The van der Waals surface area contributed by atoms with Crippen LogP contribution in [-0.2, 0) is 11.7 Å². The Kier molecular flexibility index (Phi) is 2.57. The zero-order chi connectivity index (χ0) is 13.7. The lowest BCUT2D eigenvalue weighted by Crippen LogP contribution is -2.43. The summed E-state index contributed by atoms with van der Waals surface area (Å²) >= 11 is 0. The highest BCUT2D eigenvalue weighted by molar-refractivity contribution is 5.86. The van der Waals surface area contributed by atoms with Gasteiger partial charge in [0.15, 0.2) is 0 Å². The van der Waals surface area contributed by atoms with Gasteiger partial charge < -0.3 is 5.73 Å². The van der Waals surface area contributed by atoms with Gasteiger partial charge in [0.1, 0.15) is 0 Å². The Hall–Kier alpha value is -1.62. The average molecular weight is 266 g/mol. The number of nitrogens with zero attached hydrogens (tertiary/aromatic N) is 1. The minimum absolute atomic E-state index is 0.175. The number of benzene rings is 1. The first-order valence-electron chi connectivity index (χ1n) is 6.14. The molecule has 2 aromatic rings. The van der Waals surface area contributed by atoms with Crippen molar-refractivity contribution in [3.63, 3.8) is 0 Å². The van der Waals surface area contributed by atoms with Gasteiger partial charge in [-0.25, -0.2) is 0 Å². The van der Waals surface area contributed by atoms with Crippen molar-refractivity contribution in [2.45, 2.75) is 31.0 Å². The average Bonchev–Trinajstić information content (AvgIpc) is 2.33. The molecule has 2 N–H and O–H groups in total. The summed E-state index contributed by atoms with van der Waals surface area (Å²) in [5.74, 6) is 0. The first-order valence-corrected chi connectivity index (χ1v) is 6.14. The molecule has 19 heavy (non-hydrogen) atoms. The van der Waals surface area contributed by atoms with Gasteiger partial charge in [0, 0.05) is 23.3 Å². The van der Waals surface area contributed by atoms with E-state index in [2.05, 4.69) is 4.98 Å². The Morgan fingerprint density at radius 1 is 1.16 bits per heavy atom. The number of rotatable bonds is 1. The van der Waals surface area contributed by atoms with Crippen LogP contribution in [0.15, 0.2) is 30.6 Å². The molecule has 2 nitrogen and oxygen atoms in total. The summed E-state index contributed by atoms with van der Waals surface area (Å²) in [4.78, 5) is 3.69. The summed E-state index contributed by atoms with van der Waals surface area (Å²) in [6.45, 7) is 0. The summed E-state index contributed by atoms with van der Waals surface area (Å²) in [5.41, 5.74) is 6.02. The van der Waals surface area contributed by atoms with Gasteiger partial charge in [0.25, 0.3) is 0 Å². The topological polar surface area (TPSA) is 38.9 Å². The van der Waals surface area contributed by atoms with Gasteiger partial charge in [0.05, 0.1) is 5.56 Å². The van der Waals surface area contributed by atoms with E-state index < -0.39 is 11.7 Å². The van der Waals surface area contributed by atoms with E-state index >= 15 is 0 Å². The SMILES string of the molecule is NC1(c2ccc3c(C(F)(F)F)cncc3c2)CCC1. The number of halogens is 3. The lowest BCUT2D eigenvalue weighted by Gasteiger charge is -2.38. The van der Waals surface area contributed by atoms with Gasteiger partial charge in [0.2, 0.25) is 0 Å². The molecule has 0 aliphatic heterocycles. The lowest BCUT2D eigenvalue weighted by molar-refractivity contribution is -0.136. The molecule has 3 rings (SSSR count). The smallest absolute Gasteiger partial charge is 0.321 e. The number of hydrogen-bond donors (Lipinski definition) is 1. The largest absolute Gasteiger partial charge is 0.418 e. The van der Waals surface area contributed by atoms with Crippen LogP contribution in [0.25, 0.3) is 10.8 Å². The molecule has 0 atom stereocenters. The molecule has 100 valence electrons. The third-order valence-corrected chi connectivity index (χ3v) is 3.89. The maximum absolute atomic E-state index is 12.9. The normalized spacial score (nSPS) is 18.3. The molecular weight excluding hydrogens is 253 g/mol. The highest BCUT2D eigenvalue weighted by Crippen LogP contribution is 2.41. The maximum atomic E-state index is 12.9. The molecule has 0 unspecified atom stereocenters. The predicted octanol–water partition coefficient (Wildman–Crippen LogP) is 3.59. The van der Waals surface area contributed by atoms with E-state index in [1.807, 2.05) is 0 Å². The van der Waals surface area contributed by atoms with Gasteiger partial charge in [-0.1, -0.05) is 12.1 Å². The van der Waals surface area contributed by atoms with Gasteiger partial charge in [-0.2, -0.15) is 13.2 Å². The molecular formula is C14H13F3N2. The van der Waals surface area contributed by atoms with Crippen LogP contribution in [-0.4, -0.2) is 4.98 Å². The fourth-order valence-corrected chi connectivity index (χ4v) is 2.56. The van der Waals surface area contributed by atoms with Crippen molar-refractivity contribution in [2.24, 2.45) is 5.73 Å². The summed E-state index contributed by atoms with van der Waals surface area (Å²) in [6.07, 6.45) is 0.760. The molecule has 1 saturated carbocycles. The van der Waals surface area contributed by atoms with E-state index in [0.717, 1.165) is 31.0 Å². The predicted molar refractivity (Wildman–Crippen MR) is 66.5 cm³/mol. The molecule has 1 aromatic heterocycles. The monoisotopic (exact) mass is 266 g/mol. The Labute approximate surface area is 108 Å². The zero-order valence-corrected chi connectivity index (χ0v) is 10.2. The lowest BCUT2D eigenvalue weighted by atomic mass is 9.72. The Balaban J connectivity index is 2.15. The third-order valence-electron chi connectivity index (χ3n) is 3.89. The molecule has 0 spiro atoms. The second kappa shape index (κ2) is 3.93. The first-order chi connectivity index (χ1) is 8.90. The number of aromatic nitrogens is 1. The summed E-state index contributed by atoms with van der Waals surface area (Å²) < 4.78 is 38.6. The van der Waals surface area contributed by atoms with Crippen molar-refractivity contribution in [1.82, 2.24) is 4.98 Å². The number of pyridine rings is 1. The molecule has 0 radical (unpaired) electrons. The number of fused-ring (bicyclic) bond motifs is 1. The van der Waals surface area contributed by atoms with Crippen LogP contribution in [0.5, 0.6) is 0 Å². The van der Waals surface area contributed by atoms with E-state index in [-0.39, 0.29) is 10.9 Å². The minimum Gasteiger partial charge on any atom is -0.321 e. The molecule has 0 amide bonds. The number of alkyl halides is 3. The van der Waals surface area contributed by atoms with Crippen LogP contribution in [0.1, 0.15) is 30.4 Å². The highest BCUT2D eigenvalue weighted by atomic mass is 19.4. The van der Waals surface area contributed by atoms with Gasteiger partial charge in [-0.3, -0.25) is 4.98 Å². The van der Waals surface area contributed by atoms with Crippen LogP contribution in [0.2, 0.25) is 0 Å². The Bertz CT molecular complexity index is 630. The van der Waals surface area contributed by atoms with Crippen molar-refractivity contribution in [1.29, 1.82) is 0 Å². The molecule has 1 aliphatic carbocycles. The van der Waals surface area contributed by atoms with Crippen molar-refractivity contribution in [3.8, 4) is 0 Å². The standard InChI is InChI=1S/C14H13F3N2/c15-14(16,17)12-8-19-7-9-6-10(2-3-11(9)12)13(18)4-1-5-13/h2-3,6-8H,1,4-5,18H2. The quantitative estimate of drug-likeness (QED) is 0.856. The van der Waals surface area contributed by atoms with Crippen LogP contribution in [0, 0.1) is 0 Å². The molecule has 0 saturated heterocycles.